The summed E-state index contributed by atoms with van der Waals surface area (Å²) in [7, 11) is 0. The third-order valence-electron chi connectivity index (χ3n) is 2.83. The lowest BCUT2D eigenvalue weighted by molar-refractivity contribution is -0.111. The fourth-order valence-corrected chi connectivity index (χ4v) is 1.80. The van der Waals surface area contributed by atoms with Gasteiger partial charge in [0.15, 0.2) is 0 Å². The summed E-state index contributed by atoms with van der Waals surface area (Å²) in [6, 6.07) is 15.2. The Hall–Kier alpha value is -2.55. The zero-order chi connectivity index (χ0) is 14.4. The predicted octanol–water partition coefficient (Wildman–Crippen LogP) is 4.17. The van der Waals surface area contributed by atoms with E-state index in [1.165, 1.54) is 11.6 Å². The number of carbonyl (C=O) groups excluding carboxylic acids is 1. The summed E-state index contributed by atoms with van der Waals surface area (Å²) in [4.78, 5) is 11.3. The molecule has 0 heterocycles. The van der Waals surface area contributed by atoms with Gasteiger partial charge in [-0.3, -0.25) is 4.79 Å². The first kappa shape index (κ1) is 13.9. The van der Waals surface area contributed by atoms with Gasteiger partial charge in [0.2, 0.25) is 5.91 Å². The molecular weight excluding hydrogens is 250 g/mol. The van der Waals surface area contributed by atoms with Crippen LogP contribution in [0.15, 0.2) is 61.2 Å². The van der Waals surface area contributed by atoms with Crippen molar-refractivity contribution in [3.63, 3.8) is 0 Å². The molecule has 3 heteroatoms. The van der Waals surface area contributed by atoms with Crippen LogP contribution in [0.2, 0.25) is 0 Å². The van der Waals surface area contributed by atoms with Crippen molar-refractivity contribution in [2.45, 2.75) is 13.3 Å². The Morgan fingerprint density at radius 2 is 1.90 bits per heavy atom. The average molecular weight is 267 g/mol. The van der Waals surface area contributed by atoms with Crippen molar-refractivity contribution in [1.29, 1.82) is 0 Å². The number of carbonyl (C=O) groups is 1. The highest BCUT2D eigenvalue weighted by Crippen LogP contribution is 2.25. The van der Waals surface area contributed by atoms with Crippen LogP contribution in [-0.2, 0) is 11.2 Å². The number of benzene rings is 2. The predicted molar refractivity (Wildman–Crippen MR) is 81.2 cm³/mol. The number of anilines is 1. The van der Waals surface area contributed by atoms with E-state index in [1.807, 2.05) is 30.3 Å². The molecule has 1 amide bonds. The van der Waals surface area contributed by atoms with E-state index in [0.29, 0.717) is 11.4 Å². The minimum Gasteiger partial charge on any atom is -0.457 e. The van der Waals surface area contributed by atoms with Crippen molar-refractivity contribution in [2.24, 2.45) is 0 Å². The van der Waals surface area contributed by atoms with Gasteiger partial charge in [0.1, 0.15) is 11.5 Å². The normalized spacial score (nSPS) is 9.85. The van der Waals surface area contributed by atoms with Gasteiger partial charge in [-0.25, -0.2) is 0 Å². The Labute approximate surface area is 118 Å². The first-order valence-corrected chi connectivity index (χ1v) is 6.51. The van der Waals surface area contributed by atoms with Crippen molar-refractivity contribution in [3.05, 3.63) is 66.7 Å². The lowest BCUT2D eigenvalue weighted by Crippen LogP contribution is -2.06. The lowest BCUT2D eigenvalue weighted by atomic mass is 10.2. The molecule has 0 fully saturated rings. The van der Waals surface area contributed by atoms with Crippen LogP contribution < -0.4 is 10.1 Å². The van der Waals surface area contributed by atoms with Gasteiger partial charge in [-0.15, -0.1) is 0 Å². The Balaban J connectivity index is 2.14. The molecule has 102 valence electrons. The van der Waals surface area contributed by atoms with E-state index in [4.69, 9.17) is 4.74 Å². The number of nitrogens with one attached hydrogen (secondary N) is 1. The van der Waals surface area contributed by atoms with Crippen LogP contribution in [0.4, 0.5) is 5.69 Å². The summed E-state index contributed by atoms with van der Waals surface area (Å²) in [5.74, 6) is 1.23. The standard InChI is InChI=1S/C17H17NO2/c1-3-13-7-5-9-15(11-13)20-16-10-6-8-14(12-16)18-17(19)4-2/h4-12H,2-3H2,1H3,(H,18,19). The molecule has 0 saturated heterocycles. The zero-order valence-electron chi connectivity index (χ0n) is 11.4. The fraction of sp³-hybridized carbons (Fsp3) is 0.118. The quantitative estimate of drug-likeness (QED) is 0.826. The molecule has 0 saturated carbocycles. The summed E-state index contributed by atoms with van der Waals surface area (Å²) in [5, 5.41) is 2.70. The van der Waals surface area contributed by atoms with Crippen molar-refractivity contribution in [3.8, 4) is 11.5 Å². The van der Waals surface area contributed by atoms with Gasteiger partial charge in [-0.1, -0.05) is 31.7 Å². The summed E-state index contributed by atoms with van der Waals surface area (Å²) in [6.45, 7) is 5.52. The van der Waals surface area contributed by atoms with E-state index < -0.39 is 0 Å². The van der Waals surface area contributed by atoms with Crippen molar-refractivity contribution >= 4 is 11.6 Å². The highest BCUT2D eigenvalue weighted by atomic mass is 16.5. The molecule has 0 aliphatic heterocycles. The summed E-state index contributed by atoms with van der Waals surface area (Å²) in [6.07, 6.45) is 2.20. The molecule has 0 aliphatic carbocycles. The molecule has 0 aliphatic rings. The van der Waals surface area contributed by atoms with Gasteiger partial charge in [0.05, 0.1) is 0 Å². The Kier molecular flexibility index (Phi) is 4.56. The molecule has 0 atom stereocenters. The van der Waals surface area contributed by atoms with Crippen LogP contribution in [0, 0.1) is 0 Å². The second-order valence-electron chi connectivity index (χ2n) is 4.32. The molecule has 0 unspecified atom stereocenters. The first-order valence-electron chi connectivity index (χ1n) is 6.51. The second kappa shape index (κ2) is 6.57. The molecular formula is C17H17NO2. The molecule has 0 bridgehead atoms. The number of hydrogen-bond donors (Lipinski definition) is 1. The number of ether oxygens (including phenoxy) is 1. The van der Waals surface area contributed by atoms with Gasteiger partial charge in [0.25, 0.3) is 0 Å². The van der Waals surface area contributed by atoms with Crippen LogP contribution in [-0.4, -0.2) is 5.91 Å². The van der Waals surface area contributed by atoms with Gasteiger partial charge < -0.3 is 10.1 Å². The molecule has 0 aromatic heterocycles. The van der Waals surface area contributed by atoms with E-state index in [1.54, 1.807) is 12.1 Å². The third-order valence-corrected chi connectivity index (χ3v) is 2.83. The fourth-order valence-electron chi connectivity index (χ4n) is 1.80. The Bertz CT molecular complexity index is 620. The van der Waals surface area contributed by atoms with E-state index in [0.717, 1.165) is 12.2 Å². The SMILES string of the molecule is C=CC(=O)Nc1cccc(Oc2cccc(CC)c2)c1. The van der Waals surface area contributed by atoms with Gasteiger partial charge in [-0.2, -0.15) is 0 Å². The summed E-state index contributed by atoms with van der Waals surface area (Å²) < 4.78 is 5.80. The minimum absolute atomic E-state index is 0.241. The maximum atomic E-state index is 11.3. The van der Waals surface area contributed by atoms with E-state index in [9.17, 15) is 4.79 Å². The van der Waals surface area contributed by atoms with Crippen LogP contribution in [0.1, 0.15) is 12.5 Å². The van der Waals surface area contributed by atoms with E-state index in [2.05, 4.69) is 24.9 Å². The maximum absolute atomic E-state index is 11.3. The maximum Gasteiger partial charge on any atom is 0.247 e. The van der Waals surface area contributed by atoms with Crippen LogP contribution in [0.5, 0.6) is 11.5 Å². The largest absolute Gasteiger partial charge is 0.457 e. The molecule has 1 N–H and O–H groups in total. The molecule has 2 aromatic carbocycles. The van der Waals surface area contributed by atoms with Crippen molar-refractivity contribution < 1.29 is 9.53 Å². The van der Waals surface area contributed by atoms with Crippen LogP contribution in [0.3, 0.4) is 0 Å². The second-order valence-corrected chi connectivity index (χ2v) is 4.32. The number of rotatable bonds is 5. The number of amides is 1. The summed E-state index contributed by atoms with van der Waals surface area (Å²) >= 11 is 0. The highest BCUT2D eigenvalue weighted by molar-refractivity contribution is 5.98. The van der Waals surface area contributed by atoms with Crippen LogP contribution in [0.25, 0.3) is 0 Å². The van der Waals surface area contributed by atoms with Crippen LogP contribution >= 0.6 is 0 Å². The lowest BCUT2D eigenvalue weighted by Gasteiger charge is -2.09. The Morgan fingerprint density at radius 1 is 1.20 bits per heavy atom. The molecule has 20 heavy (non-hydrogen) atoms. The summed E-state index contributed by atoms with van der Waals surface area (Å²) in [5.41, 5.74) is 1.90. The number of aryl methyl sites for hydroxylation is 1. The van der Waals surface area contributed by atoms with Gasteiger partial charge in [-0.05, 0) is 42.3 Å². The Morgan fingerprint density at radius 3 is 2.60 bits per heavy atom. The first-order chi connectivity index (χ1) is 9.71. The average Bonchev–Trinajstić information content (AvgIpc) is 2.47. The van der Waals surface area contributed by atoms with Gasteiger partial charge in [0, 0.05) is 11.8 Å². The molecule has 0 spiro atoms. The van der Waals surface area contributed by atoms with Crippen molar-refractivity contribution in [2.75, 3.05) is 5.32 Å². The van der Waals surface area contributed by atoms with Crippen molar-refractivity contribution in [1.82, 2.24) is 0 Å². The zero-order valence-corrected chi connectivity index (χ0v) is 11.4. The molecule has 0 radical (unpaired) electrons. The smallest absolute Gasteiger partial charge is 0.247 e. The minimum atomic E-state index is -0.241. The topological polar surface area (TPSA) is 38.3 Å². The number of hydrogen-bond acceptors (Lipinski definition) is 2. The van der Waals surface area contributed by atoms with E-state index >= 15 is 0 Å². The molecule has 2 rings (SSSR count). The van der Waals surface area contributed by atoms with Gasteiger partial charge >= 0.3 is 0 Å². The molecule has 2 aromatic rings. The monoisotopic (exact) mass is 267 g/mol. The van der Waals surface area contributed by atoms with E-state index in [-0.39, 0.29) is 5.91 Å². The molecule has 3 nitrogen and oxygen atoms in total. The third kappa shape index (κ3) is 3.72. The highest BCUT2D eigenvalue weighted by Gasteiger charge is 2.01.